The van der Waals surface area contributed by atoms with Crippen LogP contribution in [0.5, 0.6) is 0 Å². The number of nitrogens with two attached hydrogens (primary N) is 1. The van der Waals surface area contributed by atoms with Crippen LogP contribution in [0.2, 0.25) is 10.0 Å². The topological polar surface area (TPSA) is 63.9 Å². The third-order valence-corrected chi connectivity index (χ3v) is 3.36. The SMILES string of the molecule is COCCC(N)c1ncc(-c2cc(Cl)ccc2Cl)[nH]1. The van der Waals surface area contributed by atoms with Gasteiger partial charge in [-0.25, -0.2) is 4.98 Å². The first-order chi connectivity index (χ1) is 9.11. The molecule has 6 heteroatoms. The molecule has 4 nitrogen and oxygen atoms in total. The summed E-state index contributed by atoms with van der Waals surface area (Å²) in [6, 6.07) is 5.10. The molecule has 0 aliphatic carbocycles. The van der Waals surface area contributed by atoms with Crippen LogP contribution in [0.15, 0.2) is 24.4 Å². The van der Waals surface area contributed by atoms with Crippen LogP contribution in [0, 0.1) is 0 Å². The summed E-state index contributed by atoms with van der Waals surface area (Å²) in [4.78, 5) is 7.45. The maximum atomic E-state index is 6.15. The van der Waals surface area contributed by atoms with Crippen molar-refractivity contribution in [3.05, 3.63) is 40.3 Å². The first kappa shape index (κ1) is 14.3. The minimum atomic E-state index is -0.188. The van der Waals surface area contributed by atoms with Gasteiger partial charge in [-0.1, -0.05) is 23.2 Å². The summed E-state index contributed by atoms with van der Waals surface area (Å²) in [7, 11) is 1.64. The second-order valence-electron chi connectivity index (χ2n) is 4.19. The molecular weight excluding hydrogens is 285 g/mol. The first-order valence-electron chi connectivity index (χ1n) is 5.86. The number of benzene rings is 1. The molecule has 0 spiro atoms. The van der Waals surface area contributed by atoms with Crippen LogP contribution in [-0.2, 0) is 4.74 Å². The zero-order chi connectivity index (χ0) is 13.8. The number of aromatic amines is 1. The van der Waals surface area contributed by atoms with Gasteiger partial charge in [0.25, 0.3) is 0 Å². The van der Waals surface area contributed by atoms with E-state index in [2.05, 4.69) is 9.97 Å². The van der Waals surface area contributed by atoms with Crippen molar-refractivity contribution in [1.29, 1.82) is 0 Å². The molecule has 0 aliphatic rings. The fourth-order valence-corrected chi connectivity index (χ4v) is 2.14. The highest BCUT2D eigenvalue weighted by Gasteiger charge is 2.12. The van der Waals surface area contributed by atoms with Crippen LogP contribution in [0.1, 0.15) is 18.3 Å². The molecule has 1 aromatic carbocycles. The quantitative estimate of drug-likeness (QED) is 0.889. The highest BCUT2D eigenvalue weighted by atomic mass is 35.5. The number of rotatable bonds is 5. The van der Waals surface area contributed by atoms with Crippen molar-refractivity contribution in [2.75, 3.05) is 13.7 Å². The zero-order valence-electron chi connectivity index (χ0n) is 10.5. The number of hydrogen-bond acceptors (Lipinski definition) is 3. The molecule has 0 saturated carbocycles. The highest BCUT2D eigenvalue weighted by molar-refractivity contribution is 6.35. The summed E-state index contributed by atoms with van der Waals surface area (Å²) in [5, 5.41) is 1.24. The van der Waals surface area contributed by atoms with Gasteiger partial charge in [0.2, 0.25) is 0 Å². The highest BCUT2D eigenvalue weighted by Crippen LogP contribution is 2.29. The average molecular weight is 300 g/mol. The Morgan fingerprint density at radius 1 is 1.42 bits per heavy atom. The van der Waals surface area contributed by atoms with E-state index in [0.29, 0.717) is 28.9 Å². The summed E-state index contributed by atoms with van der Waals surface area (Å²) >= 11 is 12.1. The number of methoxy groups -OCH3 is 1. The van der Waals surface area contributed by atoms with Crippen molar-refractivity contribution in [2.24, 2.45) is 5.73 Å². The lowest BCUT2D eigenvalue weighted by molar-refractivity contribution is 0.187. The molecule has 0 aliphatic heterocycles. The standard InChI is InChI=1S/C13H15Cl2N3O/c1-19-5-4-11(16)13-17-7-12(18-13)9-6-8(14)2-3-10(9)15/h2-3,6-7,11H,4-5,16H2,1H3,(H,17,18). The second kappa shape index (κ2) is 6.39. The van der Waals surface area contributed by atoms with Gasteiger partial charge in [-0.15, -0.1) is 0 Å². The van der Waals surface area contributed by atoms with E-state index in [-0.39, 0.29) is 6.04 Å². The van der Waals surface area contributed by atoms with Gasteiger partial charge in [0.1, 0.15) is 5.82 Å². The smallest absolute Gasteiger partial charge is 0.123 e. The van der Waals surface area contributed by atoms with E-state index in [9.17, 15) is 0 Å². The molecule has 1 heterocycles. The zero-order valence-corrected chi connectivity index (χ0v) is 12.0. The Morgan fingerprint density at radius 2 is 2.21 bits per heavy atom. The Kier molecular flexibility index (Phi) is 4.82. The maximum absolute atomic E-state index is 6.15. The van der Waals surface area contributed by atoms with Crippen LogP contribution in [0.4, 0.5) is 0 Å². The van der Waals surface area contributed by atoms with Crippen molar-refractivity contribution >= 4 is 23.2 Å². The molecule has 0 amide bonds. The Labute approximate surface area is 121 Å². The van der Waals surface area contributed by atoms with Crippen LogP contribution in [0.25, 0.3) is 11.3 Å². The molecule has 19 heavy (non-hydrogen) atoms. The van der Waals surface area contributed by atoms with Gasteiger partial charge in [0.05, 0.1) is 23.0 Å². The molecule has 3 N–H and O–H groups in total. The lowest BCUT2D eigenvalue weighted by Gasteiger charge is -2.07. The molecule has 0 saturated heterocycles. The summed E-state index contributed by atoms with van der Waals surface area (Å²) in [5.74, 6) is 0.711. The average Bonchev–Trinajstić information content (AvgIpc) is 2.88. The van der Waals surface area contributed by atoms with Crippen LogP contribution in [-0.4, -0.2) is 23.7 Å². The minimum Gasteiger partial charge on any atom is -0.385 e. The molecule has 1 unspecified atom stereocenters. The summed E-state index contributed by atoms with van der Waals surface area (Å²) in [6.07, 6.45) is 2.41. The van der Waals surface area contributed by atoms with Gasteiger partial charge in [-0.3, -0.25) is 0 Å². The van der Waals surface area contributed by atoms with E-state index in [4.69, 9.17) is 33.7 Å². The van der Waals surface area contributed by atoms with E-state index >= 15 is 0 Å². The largest absolute Gasteiger partial charge is 0.385 e. The summed E-state index contributed by atoms with van der Waals surface area (Å²) < 4.78 is 5.00. The molecule has 0 bridgehead atoms. The maximum Gasteiger partial charge on any atom is 0.123 e. The number of ether oxygens (including phenoxy) is 1. The van der Waals surface area contributed by atoms with E-state index in [1.165, 1.54) is 0 Å². The van der Waals surface area contributed by atoms with Crippen LogP contribution >= 0.6 is 23.2 Å². The summed E-state index contributed by atoms with van der Waals surface area (Å²) in [5.41, 5.74) is 7.62. The first-order valence-corrected chi connectivity index (χ1v) is 6.62. The van der Waals surface area contributed by atoms with E-state index in [0.717, 1.165) is 11.3 Å². The molecule has 0 fully saturated rings. The van der Waals surface area contributed by atoms with E-state index in [1.54, 1.807) is 31.5 Å². The Balaban J connectivity index is 2.23. The summed E-state index contributed by atoms with van der Waals surface area (Å²) in [6.45, 7) is 0.592. The van der Waals surface area contributed by atoms with Gasteiger partial charge in [-0.05, 0) is 24.6 Å². The van der Waals surface area contributed by atoms with Crippen molar-refractivity contribution in [2.45, 2.75) is 12.5 Å². The van der Waals surface area contributed by atoms with Crippen LogP contribution < -0.4 is 5.73 Å². The molecule has 2 aromatic rings. The lowest BCUT2D eigenvalue weighted by atomic mass is 10.2. The predicted octanol–water partition coefficient (Wildman–Crippen LogP) is 3.42. The third-order valence-electron chi connectivity index (χ3n) is 2.80. The van der Waals surface area contributed by atoms with Gasteiger partial charge >= 0.3 is 0 Å². The number of aromatic nitrogens is 2. The van der Waals surface area contributed by atoms with E-state index in [1.807, 2.05) is 0 Å². The second-order valence-corrected chi connectivity index (χ2v) is 5.04. The fraction of sp³-hybridized carbons (Fsp3) is 0.308. The molecule has 2 rings (SSSR count). The monoisotopic (exact) mass is 299 g/mol. The van der Waals surface area contributed by atoms with Crippen molar-refractivity contribution < 1.29 is 4.74 Å². The number of imidazole rings is 1. The van der Waals surface area contributed by atoms with E-state index < -0.39 is 0 Å². The Bertz CT molecular complexity index is 557. The number of H-pyrrole nitrogens is 1. The lowest BCUT2D eigenvalue weighted by Crippen LogP contribution is -2.14. The van der Waals surface area contributed by atoms with Gasteiger partial charge < -0.3 is 15.5 Å². The molecular formula is C13H15Cl2N3O. The van der Waals surface area contributed by atoms with Crippen molar-refractivity contribution in [1.82, 2.24) is 9.97 Å². The van der Waals surface area contributed by atoms with Gasteiger partial charge in [-0.2, -0.15) is 0 Å². The molecule has 102 valence electrons. The van der Waals surface area contributed by atoms with Crippen molar-refractivity contribution in [3.63, 3.8) is 0 Å². The third kappa shape index (κ3) is 3.48. The predicted molar refractivity (Wildman–Crippen MR) is 77.5 cm³/mol. The Morgan fingerprint density at radius 3 is 2.95 bits per heavy atom. The van der Waals surface area contributed by atoms with Crippen LogP contribution in [0.3, 0.4) is 0 Å². The van der Waals surface area contributed by atoms with Gasteiger partial charge in [0.15, 0.2) is 0 Å². The number of hydrogen-bond donors (Lipinski definition) is 2. The Hall–Kier alpha value is -1.07. The number of halogens is 2. The van der Waals surface area contributed by atoms with Crippen molar-refractivity contribution in [3.8, 4) is 11.3 Å². The number of nitrogens with one attached hydrogen (secondary N) is 1. The normalized spacial score (nSPS) is 12.6. The minimum absolute atomic E-state index is 0.188. The van der Waals surface area contributed by atoms with Gasteiger partial charge in [0, 0.05) is 24.3 Å². The number of nitrogens with zero attached hydrogens (tertiary/aromatic N) is 1. The molecule has 1 aromatic heterocycles. The molecule has 0 radical (unpaired) electrons. The fourth-order valence-electron chi connectivity index (χ4n) is 1.75. The molecule has 1 atom stereocenters.